The summed E-state index contributed by atoms with van der Waals surface area (Å²) >= 11 is 7.36. The Morgan fingerprint density at radius 3 is 2.82 bits per heavy atom. The van der Waals surface area contributed by atoms with E-state index in [1.54, 1.807) is 17.8 Å². The Bertz CT molecular complexity index is 825. The molecule has 1 aliphatic heterocycles. The number of nitrogens with zero attached hydrogens (tertiary/aromatic N) is 2. The molecule has 1 aromatic carbocycles. The molecule has 0 unspecified atom stereocenters. The minimum Gasteiger partial charge on any atom is -0.463 e. The van der Waals surface area contributed by atoms with Crippen molar-refractivity contribution >= 4 is 40.7 Å². The molecule has 0 bridgehead atoms. The van der Waals surface area contributed by atoms with Gasteiger partial charge in [-0.2, -0.15) is 0 Å². The van der Waals surface area contributed by atoms with Gasteiger partial charge in [-0.3, -0.25) is 4.90 Å². The largest absolute Gasteiger partial charge is 0.463 e. The van der Waals surface area contributed by atoms with Gasteiger partial charge in [-0.1, -0.05) is 12.1 Å². The van der Waals surface area contributed by atoms with Crippen molar-refractivity contribution in [2.24, 2.45) is 0 Å². The number of benzene rings is 1. The van der Waals surface area contributed by atoms with E-state index in [4.69, 9.17) is 16.6 Å². The molecule has 1 aliphatic rings. The van der Waals surface area contributed by atoms with Crippen molar-refractivity contribution in [3.05, 3.63) is 47.9 Å². The van der Waals surface area contributed by atoms with Crippen LogP contribution in [0.15, 0.2) is 45.7 Å². The minimum atomic E-state index is -0.449. The third kappa shape index (κ3) is 5.27. The van der Waals surface area contributed by atoms with Gasteiger partial charge in [0.15, 0.2) is 5.11 Å². The number of rotatable bonds is 5. The third-order valence-electron chi connectivity index (χ3n) is 4.65. The molecule has 0 saturated carbocycles. The van der Waals surface area contributed by atoms with E-state index < -0.39 is 5.97 Å². The lowest BCUT2D eigenvalue weighted by atomic mass is 10.3. The lowest BCUT2D eigenvalue weighted by molar-refractivity contribution is 0.0561. The fraction of sp³-hybridized carbons (Fsp3) is 0.400. The van der Waals surface area contributed by atoms with Gasteiger partial charge in [0.1, 0.15) is 5.76 Å². The number of thioether (sulfide) groups is 1. The van der Waals surface area contributed by atoms with Crippen molar-refractivity contribution in [3.63, 3.8) is 0 Å². The Labute approximate surface area is 175 Å². The summed E-state index contributed by atoms with van der Waals surface area (Å²) in [5.74, 6) is 0.561. The Hall–Kier alpha value is -2.03. The van der Waals surface area contributed by atoms with Crippen molar-refractivity contribution in [2.45, 2.75) is 17.9 Å². The molecular formula is C20H25N3O3S2. The predicted octanol–water partition coefficient (Wildman–Crippen LogP) is 3.69. The molecule has 6 nitrogen and oxygen atoms in total. The topological polar surface area (TPSA) is 58.0 Å². The molecule has 28 heavy (non-hydrogen) atoms. The van der Waals surface area contributed by atoms with E-state index in [2.05, 4.69) is 38.2 Å². The van der Waals surface area contributed by atoms with E-state index >= 15 is 0 Å². The molecule has 0 atom stereocenters. The number of anilines is 1. The highest BCUT2D eigenvalue weighted by Crippen LogP contribution is 2.25. The van der Waals surface area contributed by atoms with Gasteiger partial charge in [0.2, 0.25) is 5.76 Å². The highest BCUT2D eigenvalue weighted by atomic mass is 32.2. The number of methoxy groups -OCH3 is 1. The fourth-order valence-corrected chi connectivity index (χ4v) is 4.01. The van der Waals surface area contributed by atoms with Crippen LogP contribution in [0.2, 0.25) is 0 Å². The maximum Gasteiger partial charge on any atom is 0.373 e. The molecule has 2 heterocycles. The molecule has 1 aromatic heterocycles. The first-order valence-electron chi connectivity index (χ1n) is 9.19. The first-order chi connectivity index (χ1) is 13.6. The van der Waals surface area contributed by atoms with E-state index in [1.165, 1.54) is 12.0 Å². The Morgan fingerprint density at radius 1 is 1.21 bits per heavy atom. The Kier molecular flexibility index (Phi) is 7.36. The zero-order valence-electron chi connectivity index (χ0n) is 16.1. The molecule has 1 saturated heterocycles. The molecule has 0 aliphatic carbocycles. The van der Waals surface area contributed by atoms with Crippen molar-refractivity contribution in [2.75, 3.05) is 44.9 Å². The number of thiocarbonyl (C=S) groups is 1. The number of carbonyl (C=O) groups excluding carboxylic acids is 1. The number of esters is 1. The van der Waals surface area contributed by atoms with Gasteiger partial charge in [0, 0.05) is 31.1 Å². The van der Waals surface area contributed by atoms with Crippen LogP contribution >= 0.6 is 24.0 Å². The molecule has 1 N–H and O–H groups in total. The molecule has 0 amide bonds. The van der Waals surface area contributed by atoms with Gasteiger partial charge in [0.25, 0.3) is 0 Å². The van der Waals surface area contributed by atoms with Gasteiger partial charge in [-0.15, -0.1) is 11.8 Å². The molecule has 150 valence electrons. The molecule has 1 fully saturated rings. The van der Waals surface area contributed by atoms with E-state index in [9.17, 15) is 4.79 Å². The van der Waals surface area contributed by atoms with Crippen LogP contribution in [-0.4, -0.2) is 60.4 Å². The smallest absolute Gasteiger partial charge is 0.373 e. The average molecular weight is 420 g/mol. The number of nitrogens with one attached hydrogen (secondary N) is 1. The summed E-state index contributed by atoms with van der Waals surface area (Å²) in [6.07, 6.45) is 3.07. The van der Waals surface area contributed by atoms with Crippen LogP contribution in [0.5, 0.6) is 0 Å². The molecular weight excluding hydrogens is 394 g/mol. The van der Waals surface area contributed by atoms with E-state index in [1.807, 2.05) is 18.2 Å². The van der Waals surface area contributed by atoms with Gasteiger partial charge < -0.3 is 19.4 Å². The Balaban J connectivity index is 1.55. The summed E-state index contributed by atoms with van der Waals surface area (Å²) in [6.45, 7) is 4.25. The van der Waals surface area contributed by atoms with E-state index in [0.29, 0.717) is 6.54 Å². The van der Waals surface area contributed by atoms with Gasteiger partial charge in [0.05, 0.1) is 19.3 Å². The third-order valence-corrected chi connectivity index (χ3v) is 5.81. The first-order valence-corrected chi connectivity index (χ1v) is 10.8. The Morgan fingerprint density at radius 2 is 2.04 bits per heavy atom. The van der Waals surface area contributed by atoms with Crippen molar-refractivity contribution in [1.82, 2.24) is 9.80 Å². The van der Waals surface area contributed by atoms with Crippen LogP contribution in [0.1, 0.15) is 22.7 Å². The van der Waals surface area contributed by atoms with Gasteiger partial charge in [-0.25, -0.2) is 4.79 Å². The lowest BCUT2D eigenvalue weighted by Gasteiger charge is -2.25. The summed E-state index contributed by atoms with van der Waals surface area (Å²) in [6, 6.07) is 11.7. The summed E-state index contributed by atoms with van der Waals surface area (Å²) < 4.78 is 10.3. The number of para-hydroxylation sites is 1. The van der Waals surface area contributed by atoms with Crippen LogP contribution in [0, 0.1) is 0 Å². The quantitative estimate of drug-likeness (QED) is 0.447. The van der Waals surface area contributed by atoms with Crippen molar-refractivity contribution < 1.29 is 13.9 Å². The number of carbonyl (C=O) groups is 1. The second-order valence-corrected chi connectivity index (χ2v) is 7.74. The summed E-state index contributed by atoms with van der Waals surface area (Å²) in [4.78, 5) is 17.2. The molecule has 0 radical (unpaired) electrons. The fourth-order valence-electron chi connectivity index (χ4n) is 3.17. The van der Waals surface area contributed by atoms with Crippen molar-refractivity contribution in [3.8, 4) is 0 Å². The van der Waals surface area contributed by atoms with Gasteiger partial charge >= 0.3 is 5.97 Å². The van der Waals surface area contributed by atoms with Crippen LogP contribution in [0.3, 0.4) is 0 Å². The van der Waals surface area contributed by atoms with Crippen LogP contribution < -0.4 is 5.32 Å². The molecule has 3 rings (SSSR count). The predicted molar refractivity (Wildman–Crippen MR) is 116 cm³/mol. The van der Waals surface area contributed by atoms with E-state index in [0.717, 1.165) is 49.2 Å². The second kappa shape index (κ2) is 9.95. The maximum atomic E-state index is 11.5. The highest BCUT2D eigenvalue weighted by Gasteiger charge is 2.19. The highest BCUT2D eigenvalue weighted by molar-refractivity contribution is 7.98. The van der Waals surface area contributed by atoms with Gasteiger partial charge in [-0.05, 0) is 49.2 Å². The summed E-state index contributed by atoms with van der Waals surface area (Å²) in [5.41, 5.74) is 1.05. The standard InChI is InChI=1S/C20H25N3O3S2/c1-25-19(24)17-9-8-15(26-17)14-22-10-5-11-23(13-12-22)20(27)21-16-6-3-4-7-18(16)28-2/h3-4,6-9H,5,10-14H2,1-2H3,(H,21,27). The van der Waals surface area contributed by atoms with E-state index in [-0.39, 0.29) is 5.76 Å². The normalized spacial score (nSPS) is 15.1. The summed E-state index contributed by atoms with van der Waals surface area (Å²) in [5, 5.41) is 4.15. The minimum absolute atomic E-state index is 0.242. The second-order valence-electron chi connectivity index (χ2n) is 6.50. The SMILES string of the molecule is COC(=O)c1ccc(CN2CCCN(C(=S)Nc3ccccc3SC)CC2)o1. The van der Waals surface area contributed by atoms with Crippen LogP contribution in [-0.2, 0) is 11.3 Å². The monoisotopic (exact) mass is 419 g/mol. The molecule has 8 heteroatoms. The lowest BCUT2D eigenvalue weighted by Crippen LogP contribution is -2.37. The molecule has 2 aromatic rings. The van der Waals surface area contributed by atoms with Crippen molar-refractivity contribution in [1.29, 1.82) is 0 Å². The number of hydrogen-bond donors (Lipinski definition) is 1. The van der Waals surface area contributed by atoms with Crippen LogP contribution in [0.25, 0.3) is 0 Å². The average Bonchev–Trinajstić information content (AvgIpc) is 3.05. The number of hydrogen-bond acceptors (Lipinski definition) is 6. The molecule has 0 spiro atoms. The van der Waals surface area contributed by atoms with Crippen LogP contribution in [0.4, 0.5) is 5.69 Å². The zero-order valence-corrected chi connectivity index (χ0v) is 17.8. The number of furan rings is 1. The maximum absolute atomic E-state index is 11.5. The number of ether oxygens (including phenoxy) is 1. The zero-order chi connectivity index (χ0) is 19.9. The summed E-state index contributed by atoms with van der Waals surface area (Å²) in [7, 11) is 1.35. The first kappa shape index (κ1) is 20.7.